The molecule has 0 spiro atoms. The number of amides is 2. The van der Waals surface area contributed by atoms with Gasteiger partial charge in [-0.2, -0.15) is 0 Å². The molecule has 0 atom stereocenters. The van der Waals surface area contributed by atoms with Gasteiger partial charge >= 0.3 is 12.1 Å². The fourth-order valence-electron chi connectivity index (χ4n) is 3.45. The first-order chi connectivity index (χ1) is 16.1. The van der Waals surface area contributed by atoms with E-state index in [0.29, 0.717) is 37.4 Å². The number of ether oxygens (including phenoxy) is 2. The minimum absolute atomic E-state index is 0.226. The number of rotatable bonds is 5. The van der Waals surface area contributed by atoms with E-state index < -0.39 is 11.6 Å². The van der Waals surface area contributed by atoms with Crippen molar-refractivity contribution in [3.05, 3.63) is 65.7 Å². The smallest absolute Gasteiger partial charge is 0.410 e. The maximum absolute atomic E-state index is 12.7. The molecule has 1 aliphatic rings. The molecule has 0 aromatic heterocycles. The number of benzene rings is 2. The number of piperazine rings is 1. The molecule has 8 nitrogen and oxygen atoms in total. The highest BCUT2D eigenvalue weighted by Crippen LogP contribution is 2.20. The lowest BCUT2D eigenvalue weighted by atomic mass is 10.1. The van der Waals surface area contributed by atoms with E-state index in [2.05, 4.69) is 15.0 Å². The van der Waals surface area contributed by atoms with Gasteiger partial charge in [0.2, 0.25) is 0 Å². The zero-order chi connectivity index (χ0) is 24.7. The minimum atomic E-state index is -0.508. The number of methoxy groups -OCH3 is 1. The van der Waals surface area contributed by atoms with Gasteiger partial charge in [-0.05, 0) is 68.8 Å². The second-order valence-corrected chi connectivity index (χ2v) is 8.94. The molecule has 0 saturated carbocycles. The second kappa shape index (κ2) is 10.9. The van der Waals surface area contributed by atoms with E-state index in [1.165, 1.54) is 13.2 Å². The first-order valence-electron chi connectivity index (χ1n) is 11.1. The van der Waals surface area contributed by atoms with Gasteiger partial charge in [0.15, 0.2) is 0 Å². The molecule has 34 heavy (non-hydrogen) atoms. The normalized spacial score (nSPS) is 14.1. The summed E-state index contributed by atoms with van der Waals surface area (Å²) in [7, 11) is 1.32. The molecule has 0 unspecified atom stereocenters. The molecule has 3 rings (SSSR count). The van der Waals surface area contributed by atoms with Crippen molar-refractivity contribution >= 4 is 35.4 Å². The molecule has 1 aliphatic heterocycles. The Hall–Kier alpha value is -3.81. The minimum Gasteiger partial charge on any atom is -0.466 e. The number of hydrogen-bond acceptors (Lipinski definition) is 6. The monoisotopic (exact) mass is 465 g/mol. The predicted molar refractivity (Wildman–Crippen MR) is 132 cm³/mol. The fraction of sp³-hybridized carbons (Fsp3) is 0.346. The van der Waals surface area contributed by atoms with E-state index in [1.807, 2.05) is 39.0 Å². The lowest BCUT2D eigenvalue weighted by Crippen LogP contribution is -2.50. The maximum atomic E-state index is 12.7. The molecule has 180 valence electrons. The van der Waals surface area contributed by atoms with Crippen LogP contribution < -0.4 is 10.2 Å². The van der Waals surface area contributed by atoms with E-state index >= 15 is 0 Å². The summed E-state index contributed by atoms with van der Waals surface area (Å²) in [6.45, 7) is 8.12. The van der Waals surface area contributed by atoms with Crippen LogP contribution in [0.4, 0.5) is 16.2 Å². The van der Waals surface area contributed by atoms with Crippen LogP contribution in [0, 0.1) is 0 Å². The molecule has 1 N–H and O–H groups in total. The number of nitrogens with one attached hydrogen (secondary N) is 1. The van der Waals surface area contributed by atoms with Crippen molar-refractivity contribution in [2.45, 2.75) is 26.4 Å². The van der Waals surface area contributed by atoms with E-state index in [0.717, 1.165) is 11.3 Å². The molecule has 8 heteroatoms. The number of anilines is 2. The van der Waals surface area contributed by atoms with Gasteiger partial charge < -0.3 is 24.6 Å². The van der Waals surface area contributed by atoms with Crippen molar-refractivity contribution in [2.24, 2.45) is 0 Å². The van der Waals surface area contributed by atoms with Crippen LogP contribution in [0.25, 0.3) is 6.08 Å². The Labute approximate surface area is 200 Å². The third-order valence-electron chi connectivity index (χ3n) is 5.18. The fourth-order valence-corrected chi connectivity index (χ4v) is 3.45. The predicted octanol–water partition coefficient (Wildman–Crippen LogP) is 4.18. The quantitative estimate of drug-likeness (QED) is 0.526. The Morgan fingerprint density at radius 2 is 1.65 bits per heavy atom. The van der Waals surface area contributed by atoms with E-state index in [1.54, 1.807) is 41.3 Å². The average Bonchev–Trinajstić information content (AvgIpc) is 2.82. The Morgan fingerprint density at radius 3 is 2.26 bits per heavy atom. The Bertz CT molecular complexity index is 1050. The molecular formula is C26H31N3O5. The van der Waals surface area contributed by atoms with Crippen LogP contribution in [0.1, 0.15) is 36.7 Å². The number of esters is 1. The lowest BCUT2D eigenvalue weighted by molar-refractivity contribution is -0.134. The van der Waals surface area contributed by atoms with Crippen molar-refractivity contribution in [3.8, 4) is 0 Å². The van der Waals surface area contributed by atoms with E-state index in [9.17, 15) is 14.4 Å². The lowest BCUT2D eigenvalue weighted by Gasteiger charge is -2.36. The van der Waals surface area contributed by atoms with Gasteiger partial charge in [0.25, 0.3) is 5.91 Å². The molecule has 1 fully saturated rings. The van der Waals surface area contributed by atoms with Gasteiger partial charge in [0.05, 0.1) is 7.11 Å². The van der Waals surface area contributed by atoms with Crippen molar-refractivity contribution in [1.29, 1.82) is 0 Å². The average molecular weight is 466 g/mol. The number of carbonyl (C=O) groups is 3. The zero-order valence-electron chi connectivity index (χ0n) is 20.0. The van der Waals surface area contributed by atoms with Crippen LogP contribution in [0.5, 0.6) is 0 Å². The van der Waals surface area contributed by atoms with Crippen LogP contribution in [-0.4, -0.2) is 61.8 Å². The van der Waals surface area contributed by atoms with Crippen LogP contribution in [0.15, 0.2) is 54.6 Å². The van der Waals surface area contributed by atoms with Gasteiger partial charge in [0.1, 0.15) is 5.60 Å². The highest BCUT2D eigenvalue weighted by atomic mass is 16.6. The van der Waals surface area contributed by atoms with Crippen LogP contribution in [0.2, 0.25) is 0 Å². The summed E-state index contributed by atoms with van der Waals surface area (Å²) in [6.07, 6.45) is 2.66. The van der Waals surface area contributed by atoms with Gasteiger partial charge in [-0.25, -0.2) is 9.59 Å². The molecule has 2 aromatic rings. The summed E-state index contributed by atoms with van der Waals surface area (Å²) >= 11 is 0. The third kappa shape index (κ3) is 7.10. The van der Waals surface area contributed by atoms with Gasteiger partial charge in [-0.15, -0.1) is 0 Å². The molecular weight excluding hydrogens is 434 g/mol. The first-order valence-corrected chi connectivity index (χ1v) is 11.1. The Balaban J connectivity index is 1.56. The summed E-state index contributed by atoms with van der Waals surface area (Å²) in [5.41, 5.74) is 2.41. The summed E-state index contributed by atoms with van der Waals surface area (Å²) in [4.78, 5) is 40.1. The molecule has 1 saturated heterocycles. The van der Waals surface area contributed by atoms with E-state index in [4.69, 9.17) is 4.74 Å². The molecule has 1 heterocycles. The first kappa shape index (κ1) is 24.8. The topological polar surface area (TPSA) is 88.2 Å². The van der Waals surface area contributed by atoms with Gasteiger partial charge in [-0.1, -0.05) is 12.1 Å². The number of nitrogens with zero attached hydrogens (tertiary/aromatic N) is 2. The maximum Gasteiger partial charge on any atom is 0.410 e. The van der Waals surface area contributed by atoms with Crippen LogP contribution in [0.3, 0.4) is 0 Å². The molecule has 0 radical (unpaired) electrons. The third-order valence-corrected chi connectivity index (χ3v) is 5.18. The van der Waals surface area contributed by atoms with E-state index in [-0.39, 0.29) is 12.0 Å². The summed E-state index contributed by atoms with van der Waals surface area (Å²) in [6, 6.07) is 14.6. The summed E-state index contributed by atoms with van der Waals surface area (Å²) in [5, 5.41) is 2.88. The molecule has 0 aliphatic carbocycles. The standard InChI is InChI=1S/C26H31N3O5/c1-26(2,3)34-25(32)29-16-14-28(15-17-29)22-11-9-20(10-12-22)24(31)27-21-7-5-6-19(18-21)8-13-23(30)33-4/h5-13,18H,14-17H2,1-4H3,(H,27,31)/b13-8+. The van der Waals surface area contributed by atoms with Crippen molar-refractivity contribution in [3.63, 3.8) is 0 Å². The number of carbonyl (C=O) groups excluding carboxylic acids is 3. The van der Waals surface area contributed by atoms with Gasteiger partial charge in [0, 0.05) is 49.2 Å². The Kier molecular flexibility index (Phi) is 7.94. The Morgan fingerprint density at radius 1 is 0.971 bits per heavy atom. The van der Waals surface area contributed by atoms with Crippen molar-refractivity contribution < 1.29 is 23.9 Å². The molecule has 2 amide bonds. The van der Waals surface area contributed by atoms with Crippen molar-refractivity contribution in [2.75, 3.05) is 43.5 Å². The van der Waals surface area contributed by atoms with Gasteiger partial charge in [-0.3, -0.25) is 4.79 Å². The molecule has 2 aromatic carbocycles. The zero-order valence-corrected chi connectivity index (χ0v) is 20.0. The largest absolute Gasteiger partial charge is 0.466 e. The highest BCUT2D eigenvalue weighted by Gasteiger charge is 2.26. The SMILES string of the molecule is COC(=O)/C=C/c1cccc(NC(=O)c2ccc(N3CCN(C(=O)OC(C)(C)C)CC3)cc2)c1. The molecule has 0 bridgehead atoms. The highest BCUT2D eigenvalue weighted by molar-refractivity contribution is 6.04. The second-order valence-electron chi connectivity index (χ2n) is 8.94. The summed E-state index contributed by atoms with van der Waals surface area (Å²) in [5.74, 6) is -0.670. The van der Waals surface area contributed by atoms with Crippen molar-refractivity contribution in [1.82, 2.24) is 4.90 Å². The van der Waals surface area contributed by atoms with Crippen LogP contribution >= 0.6 is 0 Å². The number of hydrogen-bond donors (Lipinski definition) is 1. The summed E-state index contributed by atoms with van der Waals surface area (Å²) < 4.78 is 10.0. The van der Waals surface area contributed by atoms with Crippen LogP contribution in [-0.2, 0) is 14.3 Å².